The first kappa shape index (κ1) is 17.2. The van der Waals surface area contributed by atoms with Crippen LogP contribution >= 0.6 is 0 Å². The molecule has 0 unspecified atom stereocenters. The lowest BCUT2D eigenvalue weighted by molar-refractivity contribution is 0.363. The molecule has 4 aromatic heterocycles. The molecule has 0 spiro atoms. The molecule has 10 nitrogen and oxygen atoms in total. The Kier molecular flexibility index (Phi) is 3.55. The second kappa shape index (κ2) is 6.18. The van der Waals surface area contributed by atoms with Crippen LogP contribution in [0.25, 0.3) is 11.2 Å². The first-order valence-corrected chi connectivity index (χ1v) is 9.64. The summed E-state index contributed by atoms with van der Waals surface area (Å²) >= 11 is 0. The molecular weight excluding hydrogens is 391 g/mol. The number of halogens is 1. The maximum Gasteiger partial charge on any atom is 0.280 e. The predicted octanol–water partition coefficient (Wildman–Crippen LogP) is 0.945. The Morgan fingerprint density at radius 1 is 1.20 bits per heavy atom. The summed E-state index contributed by atoms with van der Waals surface area (Å²) in [6.07, 6.45) is 4.48. The van der Waals surface area contributed by atoms with E-state index < -0.39 is 0 Å². The Morgan fingerprint density at radius 2 is 2.00 bits per heavy atom. The van der Waals surface area contributed by atoms with Crippen molar-refractivity contribution in [2.45, 2.75) is 12.5 Å². The van der Waals surface area contributed by atoms with Gasteiger partial charge in [0.25, 0.3) is 5.56 Å². The summed E-state index contributed by atoms with van der Waals surface area (Å²) in [5.41, 5.74) is 0.634. The topological polar surface area (TPSA) is 108 Å². The first-order valence-electron chi connectivity index (χ1n) is 9.64. The van der Waals surface area contributed by atoms with Crippen LogP contribution in [0.1, 0.15) is 17.6 Å². The van der Waals surface area contributed by atoms with E-state index in [2.05, 4.69) is 30.0 Å². The molecule has 0 aromatic carbocycles. The largest absolute Gasteiger partial charge is 0.356 e. The van der Waals surface area contributed by atoms with Crippen LogP contribution in [0.4, 0.5) is 10.2 Å². The highest BCUT2D eigenvalue weighted by atomic mass is 19.1. The van der Waals surface area contributed by atoms with Crippen LogP contribution in [0.5, 0.6) is 0 Å². The molecule has 4 aromatic rings. The zero-order valence-electron chi connectivity index (χ0n) is 16.0. The van der Waals surface area contributed by atoms with Gasteiger partial charge in [0.2, 0.25) is 5.89 Å². The van der Waals surface area contributed by atoms with Crippen molar-refractivity contribution >= 4 is 17.0 Å². The van der Waals surface area contributed by atoms with E-state index in [1.807, 2.05) is 0 Å². The van der Waals surface area contributed by atoms with Gasteiger partial charge in [-0.1, -0.05) is 5.16 Å². The first-order chi connectivity index (χ1) is 14.6. The molecule has 0 N–H and O–H groups in total. The van der Waals surface area contributed by atoms with Crippen LogP contribution < -0.4 is 10.5 Å². The Labute approximate surface area is 169 Å². The van der Waals surface area contributed by atoms with Gasteiger partial charge in [-0.25, -0.2) is 19.3 Å². The minimum Gasteiger partial charge on any atom is -0.356 e. The number of hydrogen-bond donors (Lipinski definition) is 0. The second-order valence-electron chi connectivity index (χ2n) is 7.84. The fourth-order valence-corrected chi connectivity index (χ4v) is 4.46. The summed E-state index contributed by atoms with van der Waals surface area (Å²) < 4.78 is 21.9. The number of hydrogen-bond acceptors (Lipinski definition) is 8. The zero-order chi connectivity index (χ0) is 20.4. The number of aromatic nitrogens is 7. The fraction of sp³-hybridized carbons (Fsp3) is 0.368. The van der Waals surface area contributed by atoms with E-state index in [1.165, 1.54) is 29.2 Å². The van der Waals surface area contributed by atoms with E-state index in [1.54, 1.807) is 17.9 Å². The van der Waals surface area contributed by atoms with Crippen LogP contribution in [0.15, 0.2) is 40.3 Å². The number of piperidine rings is 1. The number of fused-ring (bicyclic) bond motifs is 2. The monoisotopic (exact) mass is 408 g/mol. The van der Waals surface area contributed by atoms with E-state index in [0.29, 0.717) is 40.5 Å². The van der Waals surface area contributed by atoms with Crippen molar-refractivity contribution in [3.63, 3.8) is 0 Å². The molecular formula is C19H17FN8O2. The van der Waals surface area contributed by atoms with Gasteiger partial charge < -0.3 is 14.0 Å². The maximum atomic E-state index is 13.4. The summed E-state index contributed by atoms with van der Waals surface area (Å²) in [5.74, 6) is 2.42. The van der Waals surface area contributed by atoms with Gasteiger partial charge in [-0.05, 0) is 17.9 Å². The van der Waals surface area contributed by atoms with Crippen molar-refractivity contribution in [3.05, 3.63) is 58.9 Å². The maximum absolute atomic E-state index is 13.4. The molecule has 11 heteroatoms. The van der Waals surface area contributed by atoms with Crippen molar-refractivity contribution in [1.82, 2.24) is 34.2 Å². The Hall–Kier alpha value is -3.63. The van der Waals surface area contributed by atoms with Crippen molar-refractivity contribution in [1.29, 1.82) is 0 Å². The molecule has 2 aliphatic rings. The molecule has 1 saturated carbocycles. The highest BCUT2D eigenvalue weighted by molar-refractivity contribution is 5.68. The Balaban J connectivity index is 1.17. The van der Waals surface area contributed by atoms with Gasteiger partial charge in [-0.3, -0.25) is 9.36 Å². The van der Waals surface area contributed by atoms with Crippen molar-refractivity contribution < 1.29 is 8.91 Å². The smallest absolute Gasteiger partial charge is 0.280 e. The van der Waals surface area contributed by atoms with Gasteiger partial charge in [0.1, 0.15) is 24.5 Å². The third-order valence-corrected chi connectivity index (χ3v) is 6.01. The van der Waals surface area contributed by atoms with E-state index in [-0.39, 0.29) is 23.8 Å². The molecule has 0 radical (unpaired) electrons. The minimum absolute atomic E-state index is 0.154. The van der Waals surface area contributed by atoms with Crippen molar-refractivity contribution in [2.24, 2.45) is 18.9 Å². The number of pyridine rings is 1. The lowest BCUT2D eigenvalue weighted by Crippen LogP contribution is -2.24. The second-order valence-corrected chi connectivity index (χ2v) is 7.84. The van der Waals surface area contributed by atoms with Crippen LogP contribution in [-0.4, -0.2) is 47.3 Å². The number of nitrogens with zero attached hydrogens (tertiary/aromatic N) is 8. The van der Waals surface area contributed by atoms with Gasteiger partial charge in [0.05, 0.1) is 6.33 Å². The standard InChI is InChI=1S/C19H17FN8O2/c1-26-8-22-18-16(26)19(29)28(9-23-18)7-14-24-17(25-30-14)15-11-5-27(6-12(11)15)13-4-10(20)2-3-21-13/h2-4,8-9,11-12,15H,5-7H2,1H3/t11-,12+,15-. The molecule has 6 rings (SSSR count). The number of anilines is 1. The SMILES string of the molecule is Cn1cnc2ncn(Cc3nc([C@@H]4[C@@H]5CN(c6cc(F)ccn6)C[C@@H]54)no3)c(=O)c21. The highest BCUT2D eigenvalue weighted by Crippen LogP contribution is 2.57. The number of aryl methyl sites for hydroxylation is 1. The van der Waals surface area contributed by atoms with Crippen LogP contribution in [0.3, 0.4) is 0 Å². The summed E-state index contributed by atoms with van der Waals surface area (Å²) in [4.78, 5) is 31.8. The van der Waals surface area contributed by atoms with Crippen LogP contribution in [-0.2, 0) is 13.6 Å². The Morgan fingerprint density at radius 3 is 2.80 bits per heavy atom. The van der Waals surface area contributed by atoms with Crippen LogP contribution in [0, 0.1) is 17.7 Å². The molecule has 2 fully saturated rings. The zero-order valence-corrected chi connectivity index (χ0v) is 16.0. The lowest BCUT2D eigenvalue weighted by Gasteiger charge is -2.20. The average Bonchev–Trinajstić information content (AvgIpc) is 3.16. The van der Waals surface area contributed by atoms with E-state index in [9.17, 15) is 9.18 Å². The van der Waals surface area contributed by atoms with Crippen molar-refractivity contribution in [2.75, 3.05) is 18.0 Å². The van der Waals surface area contributed by atoms with Gasteiger partial charge in [-0.15, -0.1) is 0 Å². The predicted molar refractivity (Wildman–Crippen MR) is 102 cm³/mol. The van der Waals surface area contributed by atoms with Crippen molar-refractivity contribution in [3.8, 4) is 0 Å². The lowest BCUT2D eigenvalue weighted by atomic mass is 10.2. The summed E-state index contributed by atoms with van der Waals surface area (Å²) in [6, 6.07) is 2.80. The molecule has 30 heavy (non-hydrogen) atoms. The van der Waals surface area contributed by atoms with E-state index in [4.69, 9.17) is 4.52 Å². The summed E-state index contributed by atoms with van der Waals surface area (Å²) in [6.45, 7) is 1.73. The Bertz CT molecular complexity index is 1320. The summed E-state index contributed by atoms with van der Waals surface area (Å²) in [7, 11) is 1.75. The van der Waals surface area contributed by atoms with Gasteiger partial charge in [-0.2, -0.15) is 4.98 Å². The van der Waals surface area contributed by atoms with Gasteiger partial charge >= 0.3 is 0 Å². The molecule has 0 amide bonds. The molecule has 0 bridgehead atoms. The fourth-order valence-electron chi connectivity index (χ4n) is 4.46. The van der Waals surface area contributed by atoms with Gasteiger partial charge in [0, 0.05) is 38.3 Å². The van der Waals surface area contributed by atoms with E-state index >= 15 is 0 Å². The quantitative estimate of drug-likeness (QED) is 0.491. The molecule has 152 valence electrons. The number of rotatable bonds is 4. The molecule has 1 aliphatic carbocycles. The third kappa shape index (κ3) is 2.61. The van der Waals surface area contributed by atoms with E-state index in [0.717, 1.165) is 13.1 Å². The minimum atomic E-state index is -0.283. The highest BCUT2D eigenvalue weighted by Gasteiger charge is 2.58. The van der Waals surface area contributed by atoms with Crippen LogP contribution in [0.2, 0.25) is 0 Å². The third-order valence-electron chi connectivity index (χ3n) is 6.01. The molecule has 5 heterocycles. The molecule has 1 aliphatic heterocycles. The normalized spacial score (nSPS) is 22.6. The summed E-state index contributed by atoms with van der Waals surface area (Å²) in [5, 5.41) is 4.13. The number of imidazole rings is 1. The average molecular weight is 408 g/mol. The van der Waals surface area contributed by atoms with Gasteiger partial charge in [0.15, 0.2) is 17.0 Å². The molecule has 3 atom stereocenters. The molecule has 1 saturated heterocycles.